The van der Waals surface area contributed by atoms with Gasteiger partial charge in [0.2, 0.25) is 0 Å². The summed E-state index contributed by atoms with van der Waals surface area (Å²) < 4.78 is 0. The van der Waals surface area contributed by atoms with Gasteiger partial charge in [-0.3, -0.25) is 0 Å². The Kier molecular flexibility index (Phi) is 2.97. The van der Waals surface area contributed by atoms with E-state index in [9.17, 15) is 0 Å². The Balaban J connectivity index is 2.04. The molecule has 0 saturated carbocycles. The van der Waals surface area contributed by atoms with Crippen molar-refractivity contribution in [2.24, 2.45) is 0 Å². The van der Waals surface area contributed by atoms with E-state index in [1.54, 1.807) is 22.7 Å². The van der Waals surface area contributed by atoms with Crippen LogP contribution in [-0.2, 0) is 0 Å². The zero-order chi connectivity index (χ0) is 12.5. The molecule has 2 aromatic heterocycles. The highest BCUT2D eigenvalue weighted by Crippen LogP contribution is 2.27. The van der Waals surface area contributed by atoms with Gasteiger partial charge in [0.05, 0.1) is 21.4 Å². The number of aryl methyl sites for hydroxylation is 2. The topological polar surface area (TPSA) is 25.8 Å². The van der Waals surface area contributed by atoms with Crippen LogP contribution in [0.3, 0.4) is 0 Å². The Bertz CT molecular complexity index is 627. The van der Waals surface area contributed by atoms with E-state index in [1.807, 2.05) is 13.8 Å². The molecular weight excluding hydrogens is 260 g/mol. The van der Waals surface area contributed by atoms with Crippen molar-refractivity contribution < 1.29 is 0 Å². The zero-order valence-electron chi connectivity index (χ0n) is 10.2. The zero-order valence-corrected chi connectivity index (χ0v) is 11.8. The lowest BCUT2D eigenvalue weighted by Gasteiger charge is -2.00. The normalized spacial score (nSPS) is 10.8. The van der Waals surface area contributed by atoms with Crippen molar-refractivity contribution in [3.8, 4) is 22.5 Å². The summed E-state index contributed by atoms with van der Waals surface area (Å²) in [5, 5.41) is 6.39. The molecule has 0 saturated heterocycles. The van der Waals surface area contributed by atoms with Crippen LogP contribution in [0, 0.1) is 13.8 Å². The van der Waals surface area contributed by atoms with E-state index >= 15 is 0 Å². The van der Waals surface area contributed by atoms with E-state index in [0.29, 0.717) is 0 Å². The Morgan fingerprint density at radius 2 is 1.33 bits per heavy atom. The van der Waals surface area contributed by atoms with Crippen LogP contribution in [-0.4, -0.2) is 9.97 Å². The molecule has 90 valence electrons. The average molecular weight is 272 g/mol. The van der Waals surface area contributed by atoms with E-state index in [-0.39, 0.29) is 0 Å². The van der Waals surface area contributed by atoms with Crippen LogP contribution in [0.5, 0.6) is 0 Å². The van der Waals surface area contributed by atoms with Crippen molar-refractivity contribution in [3.63, 3.8) is 0 Å². The molecule has 3 aromatic rings. The van der Waals surface area contributed by atoms with Gasteiger partial charge in [0.15, 0.2) is 0 Å². The molecule has 2 nitrogen and oxygen atoms in total. The van der Waals surface area contributed by atoms with Gasteiger partial charge in [-0.25, -0.2) is 9.97 Å². The van der Waals surface area contributed by atoms with Crippen molar-refractivity contribution in [2.75, 3.05) is 0 Å². The predicted octanol–water partition coefficient (Wildman–Crippen LogP) is 4.55. The molecule has 0 aliphatic heterocycles. The first kappa shape index (κ1) is 11.6. The summed E-state index contributed by atoms with van der Waals surface area (Å²) in [4.78, 5) is 9.04. The third kappa shape index (κ3) is 2.21. The maximum atomic E-state index is 4.52. The molecule has 0 bridgehead atoms. The number of hydrogen-bond acceptors (Lipinski definition) is 4. The van der Waals surface area contributed by atoms with Gasteiger partial charge in [-0.1, -0.05) is 18.2 Å². The SMILES string of the molecule is Cc1nc(-c2cccc(-c3csc(C)n3)c2)cs1. The molecule has 0 unspecified atom stereocenters. The fourth-order valence-corrected chi connectivity index (χ4v) is 3.07. The molecule has 4 heteroatoms. The highest BCUT2D eigenvalue weighted by atomic mass is 32.1. The number of benzene rings is 1. The van der Waals surface area contributed by atoms with Gasteiger partial charge in [-0.2, -0.15) is 0 Å². The molecule has 0 aliphatic carbocycles. The molecule has 0 N–H and O–H groups in total. The standard InChI is InChI=1S/C14H12N2S2/c1-9-15-13(7-17-9)11-4-3-5-12(6-11)14-8-18-10(2)16-14/h3-8H,1-2H3. The number of aromatic nitrogens is 2. The smallest absolute Gasteiger partial charge is 0.0901 e. The summed E-state index contributed by atoms with van der Waals surface area (Å²) >= 11 is 3.36. The predicted molar refractivity (Wildman–Crippen MR) is 78.1 cm³/mol. The summed E-state index contributed by atoms with van der Waals surface area (Å²) in [6, 6.07) is 8.41. The van der Waals surface area contributed by atoms with Crippen molar-refractivity contribution in [1.29, 1.82) is 0 Å². The van der Waals surface area contributed by atoms with Crippen LogP contribution in [0.1, 0.15) is 10.0 Å². The molecule has 1 aromatic carbocycles. The maximum Gasteiger partial charge on any atom is 0.0901 e. The lowest BCUT2D eigenvalue weighted by atomic mass is 10.1. The van der Waals surface area contributed by atoms with Gasteiger partial charge in [0.1, 0.15) is 0 Å². The van der Waals surface area contributed by atoms with Crippen molar-refractivity contribution in [1.82, 2.24) is 9.97 Å². The van der Waals surface area contributed by atoms with Gasteiger partial charge in [-0.05, 0) is 19.9 Å². The van der Waals surface area contributed by atoms with Gasteiger partial charge >= 0.3 is 0 Å². The average Bonchev–Trinajstić information content (AvgIpc) is 2.98. The third-order valence-electron chi connectivity index (χ3n) is 2.69. The molecule has 0 fully saturated rings. The second-order valence-electron chi connectivity index (χ2n) is 4.08. The van der Waals surface area contributed by atoms with Gasteiger partial charge in [-0.15, -0.1) is 22.7 Å². The van der Waals surface area contributed by atoms with Crippen LogP contribution in [0.2, 0.25) is 0 Å². The van der Waals surface area contributed by atoms with E-state index in [4.69, 9.17) is 0 Å². The van der Waals surface area contributed by atoms with Gasteiger partial charge in [0.25, 0.3) is 0 Å². The van der Waals surface area contributed by atoms with Crippen molar-refractivity contribution >= 4 is 22.7 Å². The van der Waals surface area contributed by atoms with E-state index in [0.717, 1.165) is 32.5 Å². The number of hydrogen-bond donors (Lipinski definition) is 0. The Morgan fingerprint density at radius 3 is 1.72 bits per heavy atom. The maximum absolute atomic E-state index is 4.52. The first-order valence-corrected chi connectivity index (χ1v) is 7.43. The molecular formula is C14H12N2S2. The second-order valence-corrected chi connectivity index (χ2v) is 6.21. The fraction of sp³-hybridized carbons (Fsp3) is 0.143. The first-order chi connectivity index (χ1) is 8.72. The van der Waals surface area contributed by atoms with Crippen molar-refractivity contribution in [2.45, 2.75) is 13.8 Å². The molecule has 0 spiro atoms. The van der Waals surface area contributed by atoms with Crippen molar-refractivity contribution in [3.05, 3.63) is 45.0 Å². The second kappa shape index (κ2) is 4.63. The lowest BCUT2D eigenvalue weighted by molar-refractivity contribution is 1.29. The monoisotopic (exact) mass is 272 g/mol. The van der Waals surface area contributed by atoms with Crippen LogP contribution < -0.4 is 0 Å². The summed E-state index contributed by atoms with van der Waals surface area (Å²) in [5.74, 6) is 0. The summed E-state index contributed by atoms with van der Waals surface area (Å²) in [6.45, 7) is 4.06. The number of rotatable bonds is 2. The van der Waals surface area contributed by atoms with Crippen LogP contribution in [0.15, 0.2) is 35.0 Å². The number of thiazole rings is 2. The van der Waals surface area contributed by atoms with Gasteiger partial charge in [0, 0.05) is 21.9 Å². The molecule has 3 rings (SSSR count). The van der Waals surface area contributed by atoms with Gasteiger partial charge < -0.3 is 0 Å². The highest BCUT2D eigenvalue weighted by Gasteiger charge is 2.06. The minimum atomic E-state index is 1.05. The quantitative estimate of drug-likeness (QED) is 0.684. The fourth-order valence-electron chi connectivity index (χ4n) is 1.83. The Morgan fingerprint density at radius 1 is 0.833 bits per heavy atom. The largest absolute Gasteiger partial charge is 0.242 e. The third-order valence-corrected chi connectivity index (χ3v) is 4.24. The lowest BCUT2D eigenvalue weighted by Crippen LogP contribution is -1.82. The molecule has 0 aliphatic rings. The summed E-state index contributed by atoms with van der Waals surface area (Å²) in [6.07, 6.45) is 0. The van der Waals surface area contributed by atoms with E-state index in [1.165, 1.54) is 0 Å². The minimum absolute atomic E-state index is 1.05. The molecule has 0 amide bonds. The Hall–Kier alpha value is -1.52. The minimum Gasteiger partial charge on any atom is -0.242 e. The van der Waals surface area contributed by atoms with Crippen LogP contribution in [0.4, 0.5) is 0 Å². The Labute approximate surface area is 114 Å². The number of nitrogens with zero attached hydrogens (tertiary/aromatic N) is 2. The van der Waals surface area contributed by atoms with Crippen LogP contribution in [0.25, 0.3) is 22.5 Å². The van der Waals surface area contributed by atoms with E-state index < -0.39 is 0 Å². The van der Waals surface area contributed by atoms with Crippen LogP contribution >= 0.6 is 22.7 Å². The van der Waals surface area contributed by atoms with E-state index in [2.05, 4.69) is 45.0 Å². The highest BCUT2D eigenvalue weighted by molar-refractivity contribution is 7.10. The molecule has 0 radical (unpaired) electrons. The summed E-state index contributed by atoms with van der Waals surface area (Å²) in [5.41, 5.74) is 4.41. The summed E-state index contributed by atoms with van der Waals surface area (Å²) in [7, 11) is 0. The molecule has 0 atom stereocenters. The molecule has 2 heterocycles. The first-order valence-electron chi connectivity index (χ1n) is 5.67. The molecule has 18 heavy (non-hydrogen) atoms.